The second-order valence-electron chi connectivity index (χ2n) is 6.11. The number of nitrogens with zero attached hydrogens (tertiary/aromatic N) is 3. The SMILES string of the molecule is CC(C)CN(NC(=O)OC(C)(C)C)c1cccc(C#N)n1. The lowest BCUT2D eigenvalue weighted by Crippen LogP contribution is -2.47. The van der Waals surface area contributed by atoms with Gasteiger partial charge in [-0.1, -0.05) is 19.9 Å². The Morgan fingerprint density at radius 1 is 1.48 bits per heavy atom. The maximum atomic E-state index is 11.9. The number of carbonyl (C=O) groups is 1. The molecule has 0 aliphatic heterocycles. The Morgan fingerprint density at radius 2 is 2.14 bits per heavy atom. The average molecular weight is 290 g/mol. The third-order valence-electron chi connectivity index (χ3n) is 2.30. The molecule has 1 amide bonds. The van der Waals surface area contributed by atoms with Crippen LogP contribution in [0.3, 0.4) is 0 Å². The van der Waals surface area contributed by atoms with Crippen molar-refractivity contribution < 1.29 is 9.53 Å². The van der Waals surface area contributed by atoms with Crippen LogP contribution >= 0.6 is 0 Å². The molecule has 1 rings (SSSR count). The van der Waals surface area contributed by atoms with Crippen LogP contribution in [0.15, 0.2) is 18.2 Å². The second kappa shape index (κ2) is 6.93. The Morgan fingerprint density at radius 3 is 2.67 bits per heavy atom. The maximum absolute atomic E-state index is 11.9. The van der Waals surface area contributed by atoms with E-state index in [1.165, 1.54) is 0 Å². The zero-order chi connectivity index (χ0) is 16.0. The van der Waals surface area contributed by atoms with E-state index in [1.807, 2.05) is 19.9 Å². The number of hydrogen-bond donors (Lipinski definition) is 1. The molecule has 0 radical (unpaired) electrons. The van der Waals surface area contributed by atoms with Gasteiger partial charge in [0.2, 0.25) is 0 Å². The Labute approximate surface area is 125 Å². The Kier molecular flexibility index (Phi) is 5.53. The molecule has 1 heterocycles. The number of carbonyl (C=O) groups excluding carboxylic acids is 1. The van der Waals surface area contributed by atoms with E-state index in [1.54, 1.807) is 44.0 Å². The van der Waals surface area contributed by atoms with Crippen molar-refractivity contribution in [3.8, 4) is 6.07 Å². The molecule has 0 bridgehead atoms. The van der Waals surface area contributed by atoms with Gasteiger partial charge in [0.25, 0.3) is 0 Å². The molecule has 0 aliphatic carbocycles. The predicted molar refractivity (Wildman–Crippen MR) is 80.5 cm³/mol. The maximum Gasteiger partial charge on any atom is 0.426 e. The quantitative estimate of drug-likeness (QED) is 0.863. The van der Waals surface area contributed by atoms with Crippen LogP contribution in [0, 0.1) is 17.2 Å². The van der Waals surface area contributed by atoms with E-state index in [-0.39, 0.29) is 0 Å². The molecule has 1 aromatic rings. The van der Waals surface area contributed by atoms with Crippen LogP contribution < -0.4 is 10.4 Å². The Bertz CT molecular complexity index is 529. The van der Waals surface area contributed by atoms with E-state index < -0.39 is 11.7 Å². The Balaban J connectivity index is 2.90. The van der Waals surface area contributed by atoms with Gasteiger partial charge in [0, 0.05) is 6.54 Å². The van der Waals surface area contributed by atoms with Crippen LogP contribution in [0.2, 0.25) is 0 Å². The summed E-state index contributed by atoms with van der Waals surface area (Å²) in [5, 5.41) is 10.5. The highest BCUT2D eigenvalue weighted by atomic mass is 16.6. The smallest absolute Gasteiger partial charge is 0.426 e. The fraction of sp³-hybridized carbons (Fsp3) is 0.533. The monoisotopic (exact) mass is 290 g/mol. The molecule has 0 aromatic carbocycles. The fourth-order valence-electron chi connectivity index (χ4n) is 1.61. The summed E-state index contributed by atoms with van der Waals surface area (Å²) in [5.74, 6) is 0.807. The second-order valence-corrected chi connectivity index (χ2v) is 6.11. The molecule has 6 nitrogen and oxygen atoms in total. The van der Waals surface area contributed by atoms with Gasteiger partial charge in [0.05, 0.1) is 0 Å². The third kappa shape index (κ3) is 6.13. The highest BCUT2D eigenvalue weighted by Crippen LogP contribution is 2.13. The zero-order valence-electron chi connectivity index (χ0n) is 13.2. The molecule has 0 saturated heterocycles. The normalized spacial score (nSPS) is 10.9. The van der Waals surface area contributed by atoms with Crippen molar-refractivity contribution >= 4 is 11.9 Å². The van der Waals surface area contributed by atoms with Gasteiger partial charge in [-0.2, -0.15) is 5.26 Å². The third-order valence-corrected chi connectivity index (χ3v) is 2.30. The number of nitrogens with one attached hydrogen (secondary N) is 1. The summed E-state index contributed by atoms with van der Waals surface area (Å²) in [6.07, 6.45) is -0.549. The first-order valence-corrected chi connectivity index (χ1v) is 6.85. The molecular weight excluding hydrogens is 268 g/mol. The number of hydrazine groups is 1. The molecule has 1 N–H and O–H groups in total. The number of ether oxygens (including phenoxy) is 1. The molecule has 0 saturated carbocycles. The first kappa shape index (κ1) is 16.8. The molecule has 6 heteroatoms. The van der Waals surface area contributed by atoms with E-state index in [0.717, 1.165) is 0 Å². The first-order valence-electron chi connectivity index (χ1n) is 6.85. The van der Waals surface area contributed by atoms with Crippen LogP contribution in [0.5, 0.6) is 0 Å². The van der Waals surface area contributed by atoms with Crippen LogP contribution in [-0.4, -0.2) is 23.2 Å². The van der Waals surface area contributed by atoms with E-state index in [0.29, 0.717) is 24.0 Å². The van der Waals surface area contributed by atoms with Crippen molar-refractivity contribution in [2.24, 2.45) is 5.92 Å². The largest absolute Gasteiger partial charge is 0.443 e. The summed E-state index contributed by atoms with van der Waals surface area (Å²) in [5.41, 5.74) is 2.40. The molecule has 1 aromatic heterocycles. The predicted octanol–water partition coefficient (Wildman–Crippen LogP) is 2.86. The molecule has 0 fully saturated rings. The van der Waals surface area contributed by atoms with Gasteiger partial charge in [-0.25, -0.2) is 15.2 Å². The van der Waals surface area contributed by atoms with Crippen molar-refractivity contribution in [3.63, 3.8) is 0 Å². The molecule has 0 atom stereocenters. The first-order chi connectivity index (χ1) is 9.71. The van der Waals surface area contributed by atoms with Gasteiger partial charge in [-0.05, 0) is 38.8 Å². The number of pyridine rings is 1. The van der Waals surface area contributed by atoms with E-state index >= 15 is 0 Å². The van der Waals surface area contributed by atoms with Crippen molar-refractivity contribution in [2.45, 2.75) is 40.2 Å². The summed E-state index contributed by atoms with van der Waals surface area (Å²) < 4.78 is 5.24. The van der Waals surface area contributed by atoms with E-state index in [2.05, 4.69) is 10.4 Å². The molecule has 0 aliphatic rings. The van der Waals surface area contributed by atoms with Crippen molar-refractivity contribution in [1.82, 2.24) is 10.4 Å². The van der Waals surface area contributed by atoms with Gasteiger partial charge < -0.3 is 4.74 Å². The van der Waals surface area contributed by atoms with Gasteiger partial charge in [-0.3, -0.25) is 5.01 Å². The summed E-state index contributed by atoms with van der Waals surface area (Å²) in [6.45, 7) is 10.0. The zero-order valence-corrected chi connectivity index (χ0v) is 13.2. The standard InChI is InChI=1S/C15H22N4O2/c1-11(2)10-19(18-14(20)21-15(3,4)5)13-8-6-7-12(9-16)17-13/h6-8,11H,10H2,1-5H3,(H,18,20). The van der Waals surface area contributed by atoms with Crippen LogP contribution in [0.25, 0.3) is 0 Å². The van der Waals surface area contributed by atoms with Gasteiger partial charge >= 0.3 is 6.09 Å². The van der Waals surface area contributed by atoms with Crippen molar-refractivity contribution in [1.29, 1.82) is 5.26 Å². The number of nitriles is 1. The minimum Gasteiger partial charge on any atom is -0.443 e. The van der Waals surface area contributed by atoms with Crippen molar-refractivity contribution in [3.05, 3.63) is 23.9 Å². The fourth-order valence-corrected chi connectivity index (χ4v) is 1.61. The lowest BCUT2D eigenvalue weighted by atomic mass is 10.2. The number of rotatable bonds is 4. The minimum atomic E-state index is -0.574. The highest BCUT2D eigenvalue weighted by molar-refractivity contribution is 5.70. The molecular formula is C15H22N4O2. The lowest BCUT2D eigenvalue weighted by Gasteiger charge is -2.28. The van der Waals surface area contributed by atoms with Crippen molar-refractivity contribution in [2.75, 3.05) is 11.6 Å². The lowest BCUT2D eigenvalue weighted by molar-refractivity contribution is 0.0519. The van der Waals surface area contributed by atoms with Crippen LogP contribution in [-0.2, 0) is 4.74 Å². The topological polar surface area (TPSA) is 78.3 Å². The van der Waals surface area contributed by atoms with Crippen LogP contribution in [0.4, 0.5) is 10.6 Å². The summed E-state index contributed by atoms with van der Waals surface area (Å²) >= 11 is 0. The van der Waals surface area contributed by atoms with E-state index in [4.69, 9.17) is 10.00 Å². The molecule has 114 valence electrons. The minimum absolute atomic E-state index is 0.298. The van der Waals surface area contributed by atoms with E-state index in [9.17, 15) is 4.79 Å². The summed E-state index contributed by atoms with van der Waals surface area (Å²) in [4.78, 5) is 16.1. The molecule has 21 heavy (non-hydrogen) atoms. The number of hydrogen-bond acceptors (Lipinski definition) is 5. The Hall–Kier alpha value is -2.29. The number of anilines is 1. The number of amides is 1. The van der Waals surface area contributed by atoms with Gasteiger partial charge in [0.15, 0.2) is 0 Å². The molecule has 0 unspecified atom stereocenters. The number of aromatic nitrogens is 1. The van der Waals surface area contributed by atoms with Gasteiger partial charge in [0.1, 0.15) is 23.2 Å². The average Bonchev–Trinajstić information content (AvgIpc) is 2.35. The van der Waals surface area contributed by atoms with Crippen LogP contribution in [0.1, 0.15) is 40.3 Å². The van der Waals surface area contributed by atoms with Gasteiger partial charge in [-0.15, -0.1) is 0 Å². The highest BCUT2D eigenvalue weighted by Gasteiger charge is 2.20. The summed E-state index contributed by atoms with van der Waals surface area (Å²) in [6, 6.07) is 7.06. The summed E-state index contributed by atoms with van der Waals surface area (Å²) in [7, 11) is 0. The molecule has 0 spiro atoms.